The highest BCUT2D eigenvalue weighted by Crippen LogP contribution is 2.43. The summed E-state index contributed by atoms with van der Waals surface area (Å²) in [5.74, 6) is -0.964. The third-order valence-corrected chi connectivity index (χ3v) is 3.58. The zero-order valence-corrected chi connectivity index (χ0v) is 9.87. The smallest absolute Gasteiger partial charge is 0.312 e. The van der Waals surface area contributed by atoms with Gasteiger partial charge in [-0.25, -0.2) is 0 Å². The maximum atomic E-state index is 11.1. The first-order valence-corrected chi connectivity index (χ1v) is 5.27. The van der Waals surface area contributed by atoms with Crippen LogP contribution in [0.25, 0.3) is 0 Å². The van der Waals surface area contributed by atoms with E-state index in [1.165, 1.54) is 0 Å². The molecule has 3 heteroatoms. The van der Waals surface area contributed by atoms with Crippen molar-refractivity contribution in [1.29, 1.82) is 0 Å². The second-order valence-corrected chi connectivity index (χ2v) is 5.68. The van der Waals surface area contributed by atoms with Crippen molar-refractivity contribution >= 4 is 5.97 Å². The Kier molecular flexibility index (Phi) is 2.72. The van der Waals surface area contributed by atoms with E-state index in [1.807, 2.05) is 6.08 Å². The molecule has 1 unspecified atom stereocenters. The van der Waals surface area contributed by atoms with Crippen LogP contribution in [0.2, 0.25) is 0 Å². The molecular formula is C12H20O3. The molecule has 0 amide bonds. The van der Waals surface area contributed by atoms with Crippen molar-refractivity contribution < 1.29 is 15.0 Å². The van der Waals surface area contributed by atoms with Gasteiger partial charge in [-0.2, -0.15) is 0 Å². The largest absolute Gasteiger partial charge is 0.481 e. The first-order chi connectivity index (χ1) is 6.61. The lowest BCUT2D eigenvalue weighted by atomic mass is 9.66. The molecular weight excluding hydrogens is 192 g/mol. The number of allylic oxidation sites excluding steroid dienone is 1. The van der Waals surface area contributed by atoms with Gasteiger partial charge in [0.15, 0.2) is 0 Å². The van der Waals surface area contributed by atoms with Crippen LogP contribution >= 0.6 is 0 Å². The Hall–Kier alpha value is -0.830. The number of carboxylic acid groups (broad SMARTS) is 1. The minimum Gasteiger partial charge on any atom is -0.481 e. The number of carbonyl (C=O) groups is 1. The van der Waals surface area contributed by atoms with E-state index in [0.717, 1.165) is 6.42 Å². The van der Waals surface area contributed by atoms with E-state index in [2.05, 4.69) is 13.8 Å². The zero-order valence-electron chi connectivity index (χ0n) is 9.87. The zero-order chi connectivity index (χ0) is 11.9. The molecule has 0 bridgehead atoms. The number of aliphatic carboxylic acids is 1. The molecule has 86 valence electrons. The van der Waals surface area contributed by atoms with Gasteiger partial charge in [0.1, 0.15) is 0 Å². The molecule has 2 N–H and O–H groups in total. The van der Waals surface area contributed by atoms with E-state index in [-0.39, 0.29) is 5.41 Å². The summed E-state index contributed by atoms with van der Waals surface area (Å²) in [6.45, 7) is 7.30. The number of hydrogen-bond donors (Lipinski definition) is 2. The monoisotopic (exact) mass is 212 g/mol. The molecule has 1 aliphatic rings. The maximum absolute atomic E-state index is 11.1. The van der Waals surface area contributed by atoms with E-state index in [0.29, 0.717) is 6.42 Å². The Balaban J connectivity index is 3.01. The average Bonchev–Trinajstić information content (AvgIpc) is 2.10. The lowest BCUT2D eigenvalue weighted by Gasteiger charge is -2.42. The van der Waals surface area contributed by atoms with Crippen molar-refractivity contribution in [3.8, 4) is 0 Å². The van der Waals surface area contributed by atoms with Crippen LogP contribution < -0.4 is 0 Å². The fourth-order valence-corrected chi connectivity index (χ4v) is 1.75. The Morgan fingerprint density at radius 3 is 2.13 bits per heavy atom. The summed E-state index contributed by atoms with van der Waals surface area (Å²) in [6, 6.07) is 0. The molecule has 0 aliphatic heterocycles. The summed E-state index contributed by atoms with van der Waals surface area (Å²) in [4.78, 5) is 11.1. The van der Waals surface area contributed by atoms with Crippen LogP contribution in [0.5, 0.6) is 0 Å². The molecule has 0 spiro atoms. The van der Waals surface area contributed by atoms with Gasteiger partial charge in [0.25, 0.3) is 0 Å². The molecule has 0 aromatic carbocycles. The SMILES string of the molecule is CC1(C)C=CC(O)(C(C)(C)C(=O)O)CC1. The number of aliphatic hydroxyl groups is 1. The van der Waals surface area contributed by atoms with Gasteiger partial charge in [0.2, 0.25) is 0 Å². The van der Waals surface area contributed by atoms with Crippen molar-refractivity contribution in [3.05, 3.63) is 12.2 Å². The van der Waals surface area contributed by atoms with Crippen LogP contribution in [-0.2, 0) is 4.79 Å². The molecule has 3 nitrogen and oxygen atoms in total. The second kappa shape index (κ2) is 3.34. The highest BCUT2D eigenvalue weighted by Gasteiger charge is 2.49. The van der Waals surface area contributed by atoms with Crippen molar-refractivity contribution in [2.45, 2.75) is 46.1 Å². The summed E-state index contributed by atoms with van der Waals surface area (Å²) in [7, 11) is 0. The van der Waals surface area contributed by atoms with Gasteiger partial charge in [-0.05, 0) is 32.1 Å². The van der Waals surface area contributed by atoms with Crippen molar-refractivity contribution in [2.75, 3.05) is 0 Å². The van der Waals surface area contributed by atoms with Gasteiger partial charge in [0, 0.05) is 0 Å². The maximum Gasteiger partial charge on any atom is 0.312 e. The third kappa shape index (κ3) is 2.07. The number of carboxylic acids is 1. The lowest BCUT2D eigenvalue weighted by Crippen LogP contribution is -2.50. The summed E-state index contributed by atoms with van der Waals surface area (Å²) in [5.41, 5.74) is -2.31. The molecule has 0 heterocycles. The quantitative estimate of drug-likeness (QED) is 0.690. The minimum absolute atomic E-state index is 0.0564. The second-order valence-electron chi connectivity index (χ2n) is 5.68. The fourth-order valence-electron chi connectivity index (χ4n) is 1.75. The van der Waals surface area contributed by atoms with Crippen molar-refractivity contribution in [2.24, 2.45) is 10.8 Å². The summed E-state index contributed by atoms with van der Waals surface area (Å²) >= 11 is 0. The lowest BCUT2D eigenvalue weighted by molar-refractivity contribution is -0.161. The average molecular weight is 212 g/mol. The molecule has 0 fully saturated rings. The standard InChI is InChI=1S/C12H20O3/c1-10(2)5-7-12(15,8-6-10)11(3,4)9(13)14/h5,7,15H,6,8H2,1-4H3,(H,13,14). The van der Waals surface area contributed by atoms with Crippen LogP contribution in [-0.4, -0.2) is 21.8 Å². The van der Waals surface area contributed by atoms with Crippen LogP contribution in [0.3, 0.4) is 0 Å². The van der Waals surface area contributed by atoms with Crippen LogP contribution in [0.1, 0.15) is 40.5 Å². The molecule has 0 saturated heterocycles. The van der Waals surface area contributed by atoms with E-state index < -0.39 is 17.0 Å². The Morgan fingerprint density at radius 2 is 1.80 bits per heavy atom. The fraction of sp³-hybridized carbons (Fsp3) is 0.750. The van der Waals surface area contributed by atoms with Crippen molar-refractivity contribution in [1.82, 2.24) is 0 Å². The minimum atomic E-state index is -1.23. The predicted octanol–water partition coefficient (Wildman–Crippen LogP) is 2.20. The normalized spacial score (nSPS) is 30.2. The molecule has 0 aromatic rings. The van der Waals surface area contributed by atoms with Crippen LogP contribution in [0, 0.1) is 10.8 Å². The summed E-state index contributed by atoms with van der Waals surface area (Å²) in [5, 5.41) is 19.4. The summed E-state index contributed by atoms with van der Waals surface area (Å²) in [6.07, 6.45) is 4.87. The van der Waals surface area contributed by atoms with E-state index in [4.69, 9.17) is 5.11 Å². The molecule has 0 saturated carbocycles. The first kappa shape index (κ1) is 12.2. The molecule has 0 radical (unpaired) electrons. The Labute approximate surface area is 90.8 Å². The molecule has 1 aliphatic carbocycles. The van der Waals surface area contributed by atoms with Crippen LogP contribution in [0.4, 0.5) is 0 Å². The predicted molar refractivity (Wildman–Crippen MR) is 58.5 cm³/mol. The Morgan fingerprint density at radius 1 is 1.27 bits per heavy atom. The van der Waals surface area contributed by atoms with E-state index in [9.17, 15) is 9.90 Å². The topological polar surface area (TPSA) is 57.5 Å². The van der Waals surface area contributed by atoms with Gasteiger partial charge in [-0.1, -0.05) is 26.0 Å². The van der Waals surface area contributed by atoms with E-state index >= 15 is 0 Å². The first-order valence-electron chi connectivity index (χ1n) is 5.27. The molecule has 1 atom stereocenters. The van der Waals surface area contributed by atoms with Crippen molar-refractivity contribution in [3.63, 3.8) is 0 Å². The van der Waals surface area contributed by atoms with Gasteiger partial charge >= 0.3 is 5.97 Å². The molecule has 15 heavy (non-hydrogen) atoms. The summed E-state index contributed by atoms with van der Waals surface area (Å²) < 4.78 is 0. The van der Waals surface area contributed by atoms with Crippen LogP contribution in [0.15, 0.2) is 12.2 Å². The highest BCUT2D eigenvalue weighted by molar-refractivity contribution is 5.76. The van der Waals surface area contributed by atoms with Gasteiger partial charge in [-0.15, -0.1) is 0 Å². The van der Waals surface area contributed by atoms with E-state index in [1.54, 1.807) is 19.9 Å². The van der Waals surface area contributed by atoms with Gasteiger partial charge < -0.3 is 10.2 Å². The van der Waals surface area contributed by atoms with Gasteiger partial charge in [-0.3, -0.25) is 4.79 Å². The number of rotatable bonds is 2. The third-order valence-electron chi connectivity index (χ3n) is 3.58. The number of hydrogen-bond acceptors (Lipinski definition) is 2. The van der Waals surface area contributed by atoms with Gasteiger partial charge in [0.05, 0.1) is 11.0 Å². The Bertz CT molecular complexity index is 302. The molecule has 0 aromatic heterocycles. The highest BCUT2D eigenvalue weighted by atomic mass is 16.4. The molecule has 1 rings (SSSR count).